The third-order valence-corrected chi connectivity index (χ3v) is 5.64. The van der Waals surface area contributed by atoms with Gasteiger partial charge in [-0.3, -0.25) is 0 Å². The Morgan fingerprint density at radius 3 is 2.61 bits per heavy atom. The van der Waals surface area contributed by atoms with Crippen molar-refractivity contribution in [1.82, 2.24) is 9.71 Å². The van der Waals surface area contributed by atoms with Crippen LogP contribution in [0.5, 0.6) is 0 Å². The monoisotopic (exact) mass is 344 g/mol. The highest BCUT2D eigenvalue weighted by molar-refractivity contribution is 7.89. The second-order valence-electron chi connectivity index (χ2n) is 5.18. The van der Waals surface area contributed by atoms with Crippen LogP contribution in [0.2, 0.25) is 0 Å². The first-order valence-electron chi connectivity index (χ1n) is 7.10. The quantitative estimate of drug-likeness (QED) is 0.769. The van der Waals surface area contributed by atoms with Crippen LogP contribution in [-0.4, -0.2) is 13.4 Å². The van der Waals surface area contributed by atoms with Crippen molar-refractivity contribution in [2.75, 3.05) is 0 Å². The molecule has 0 saturated carbocycles. The van der Waals surface area contributed by atoms with Gasteiger partial charge in [-0.05, 0) is 30.7 Å². The molecule has 4 nitrogen and oxygen atoms in total. The molecule has 0 atom stereocenters. The van der Waals surface area contributed by atoms with Gasteiger partial charge in [-0.15, -0.1) is 11.3 Å². The van der Waals surface area contributed by atoms with Crippen LogP contribution >= 0.6 is 11.3 Å². The Bertz CT molecular complexity index is 887. The van der Waals surface area contributed by atoms with E-state index >= 15 is 0 Å². The fraction of sp³-hybridized carbons (Fsp3) is 0.118. The van der Waals surface area contributed by atoms with Gasteiger partial charge < -0.3 is 0 Å². The van der Waals surface area contributed by atoms with Gasteiger partial charge >= 0.3 is 0 Å². The summed E-state index contributed by atoms with van der Waals surface area (Å²) in [7, 11) is -3.50. The molecule has 1 N–H and O–H groups in total. The molecule has 23 heavy (non-hydrogen) atoms. The SMILES string of the molecule is Cc1ccc(S(=O)(=O)NCc2cccc(-c3nccs3)c2)cc1. The van der Waals surface area contributed by atoms with Gasteiger partial charge in [0.15, 0.2) is 0 Å². The normalized spacial score (nSPS) is 11.5. The Morgan fingerprint density at radius 1 is 1.13 bits per heavy atom. The zero-order chi connectivity index (χ0) is 16.3. The highest BCUT2D eigenvalue weighted by Crippen LogP contribution is 2.22. The van der Waals surface area contributed by atoms with Crippen LogP contribution in [0.3, 0.4) is 0 Å². The predicted octanol–water partition coefficient (Wildman–Crippen LogP) is 3.60. The molecule has 3 rings (SSSR count). The van der Waals surface area contributed by atoms with Gasteiger partial charge in [0.2, 0.25) is 10.0 Å². The van der Waals surface area contributed by atoms with E-state index in [0.717, 1.165) is 21.7 Å². The minimum Gasteiger partial charge on any atom is -0.245 e. The van der Waals surface area contributed by atoms with Crippen molar-refractivity contribution in [3.63, 3.8) is 0 Å². The highest BCUT2D eigenvalue weighted by Gasteiger charge is 2.13. The second-order valence-corrected chi connectivity index (χ2v) is 7.84. The van der Waals surface area contributed by atoms with Gasteiger partial charge in [-0.1, -0.05) is 35.9 Å². The second kappa shape index (κ2) is 6.62. The van der Waals surface area contributed by atoms with Gasteiger partial charge in [-0.25, -0.2) is 18.1 Å². The van der Waals surface area contributed by atoms with Crippen LogP contribution in [-0.2, 0) is 16.6 Å². The van der Waals surface area contributed by atoms with E-state index in [0.29, 0.717) is 0 Å². The average Bonchev–Trinajstić information content (AvgIpc) is 3.08. The van der Waals surface area contributed by atoms with Gasteiger partial charge in [0.1, 0.15) is 5.01 Å². The first kappa shape index (κ1) is 15.9. The van der Waals surface area contributed by atoms with Crippen LogP contribution in [0.4, 0.5) is 0 Å². The van der Waals surface area contributed by atoms with Gasteiger partial charge in [-0.2, -0.15) is 0 Å². The van der Waals surface area contributed by atoms with E-state index in [1.165, 1.54) is 0 Å². The Balaban J connectivity index is 1.75. The van der Waals surface area contributed by atoms with Crippen LogP contribution in [0, 0.1) is 6.92 Å². The largest absolute Gasteiger partial charge is 0.245 e. The van der Waals surface area contributed by atoms with Gasteiger partial charge in [0.25, 0.3) is 0 Å². The number of benzene rings is 2. The lowest BCUT2D eigenvalue weighted by atomic mass is 10.1. The topological polar surface area (TPSA) is 59.1 Å². The van der Waals surface area contributed by atoms with Crippen LogP contribution in [0.25, 0.3) is 10.6 Å². The zero-order valence-corrected chi connectivity index (χ0v) is 14.2. The van der Waals surface area contributed by atoms with Crippen molar-refractivity contribution in [3.8, 4) is 10.6 Å². The molecule has 0 saturated heterocycles. The maximum absolute atomic E-state index is 12.3. The molecule has 1 heterocycles. The lowest BCUT2D eigenvalue weighted by molar-refractivity contribution is 0.581. The molecular formula is C17H16N2O2S2. The smallest absolute Gasteiger partial charge is 0.240 e. The van der Waals surface area contributed by atoms with E-state index in [9.17, 15) is 8.42 Å². The Labute approximate surface area is 139 Å². The van der Waals surface area contributed by atoms with E-state index in [-0.39, 0.29) is 11.4 Å². The number of hydrogen-bond donors (Lipinski definition) is 1. The molecule has 118 valence electrons. The molecule has 2 aromatic carbocycles. The lowest BCUT2D eigenvalue weighted by Gasteiger charge is -2.08. The standard InChI is InChI=1S/C17H16N2O2S2/c1-13-5-7-16(8-6-13)23(20,21)19-12-14-3-2-4-15(11-14)17-18-9-10-22-17/h2-11,19H,12H2,1H3. The Morgan fingerprint density at radius 2 is 1.91 bits per heavy atom. The Hall–Kier alpha value is -2.02. The van der Waals surface area contributed by atoms with Crippen LogP contribution in [0.1, 0.15) is 11.1 Å². The number of nitrogens with one attached hydrogen (secondary N) is 1. The number of thiazole rings is 1. The van der Waals surface area contributed by atoms with E-state index in [1.807, 2.05) is 36.6 Å². The average molecular weight is 344 g/mol. The summed E-state index contributed by atoms with van der Waals surface area (Å²) >= 11 is 1.56. The number of sulfonamides is 1. The molecule has 0 aliphatic rings. The van der Waals surface area contributed by atoms with Crippen molar-refractivity contribution in [2.24, 2.45) is 0 Å². The number of hydrogen-bond acceptors (Lipinski definition) is 4. The molecule has 0 amide bonds. The molecule has 0 spiro atoms. The summed E-state index contributed by atoms with van der Waals surface area (Å²) in [6, 6.07) is 14.5. The molecule has 0 fully saturated rings. The van der Waals surface area contributed by atoms with Crippen molar-refractivity contribution in [2.45, 2.75) is 18.4 Å². The number of aryl methyl sites for hydroxylation is 1. The van der Waals surface area contributed by atoms with Crippen molar-refractivity contribution >= 4 is 21.4 Å². The lowest BCUT2D eigenvalue weighted by Crippen LogP contribution is -2.23. The molecule has 1 aromatic heterocycles. The molecule has 6 heteroatoms. The van der Waals surface area contributed by atoms with Crippen molar-refractivity contribution in [3.05, 3.63) is 71.2 Å². The summed E-state index contributed by atoms with van der Waals surface area (Å²) in [5, 5.41) is 2.84. The summed E-state index contributed by atoms with van der Waals surface area (Å²) in [6.07, 6.45) is 1.76. The minimum absolute atomic E-state index is 0.245. The fourth-order valence-corrected chi connectivity index (χ4v) is 3.81. The fourth-order valence-electron chi connectivity index (χ4n) is 2.16. The molecule has 0 bridgehead atoms. The molecular weight excluding hydrogens is 328 g/mol. The zero-order valence-electron chi connectivity index (χ0n) is 12.6. The summed E-state index contributed by atoms with van der Waals surface area (Å²) in [4.78, 5) is 4.55. The molecule has 0 radical (unpaired) electrons. The van der Waals surface area contributed by atoms with E-state index in [4.69, 9.17) is 0 Å². The van der Waals surface area contributed by atoms with E-state index in [1.54, 1.807) is 41.8 Å². The first-order chi connectivity index (χ1) is 11.0. The van der Waals surface area contributed by atoms with E-state index < -0.39 is 10.0 Å². The highest BCUT2D eigenvalue weighted by atomic mass is 32.2. The maximum atomic E-state index is 12.3. The third-order valence-electron chi connectivity index (χ3n) is 3.40. The summed E-state index contributed by atoms with van der Waals surface area (Å²) < 4.78 is 27.3. The third kappa shape index (κ3) is 3.85. The molecule has 0 unspecified atom stereocenters. The van der Waals surface area contributed by atoms with Gasteiger partial charge in [0.05, 0.1) is 4.90 Å². The summed E-state index contributed by atoms with van der Waals surface area (Å²) in [5.41, 5.74) is 2.92. The maximum Gasteiger partial charge on any atom is 0.240 e. The minimum atomic E-state index is -3.50. The van der Waals surface area contributed by atoms with Crippen molar-refractivity contribution in [1.29, 1.82) is 0 Å². The molecule has 0 aliphatic carbocycles. The Kier molecular flexibility index (Phi) is 4.56. The predicted molar refractivity (Wildman–Crippen MR) is 92.8 cm³/mol. The summed E-state index contributed by atoms with van der Waals surface area (Å²) in [6.45, 7) is 2.17. The van der Waals surface area contributed by atoms with Crippen LogP contribution in [0.15, 0.2) is 65.0 Å². The molecule has 0 aliphatic heterocycles. The molecule has 3 aromatic rings. The first-order valence-corrected chi connectivity index (χ1v) is 9.46. The number of rotatable bonds is 5. The van der Waals surface area contributed by atoms with Crippen LogP contribution < -0.4 is 4.72 Å². The van der Waals surface area contributed by atoms with E-state index in [2.05, 4.69) is 9.71 Å². The van der Waals surface area contributed by atoms with Gasteiger partial charge in [0, 0.05) is 23.7 Å². The number of nitrogens with zero attached hydrogens (tertiary/aromatic N) is 1. The summed E-state index contributed by atoms with van der Waals surface area (Å²) in [5.74, 6) is 0. The number of aromatic nitrogens is 1. The van der Waals surface area contributed by atoms with Crippen molar-refractivity contribution < 1.29 is 8.42 Å².